The van der Waals surface area contributed by atoms with E-state index < -0.39 is 11.7 Å². The minimum absolute atomic E-state index is 0.0929. The predicted octanol–water partition coefficient (Wildman–Crippen LogP) is 1.61. The number of amides is 1. The minimum atomic E-state index is -0.598. The summed E-state index contributed by atoms with van der Waals surface area (Å²) in [5.74, 6) is -0.194. The molecule has 0 atom stereocenters. The van der Waals surface area contributed by atoms with Crippen LogP contribution in [-0.4, -0.2) is 33.8 Å². The van der Waals surface area contributed by atoms with E-state index in [9.17, 15) is 9.59 Å². The summed E-state index contributed by atoms with van der Waals surface area (Å²) in [6, 6.07) is 0. The summed E-state index contributed by atoms with van der Waals surface area (Å²) in [6.07, 6.45) is 2.54. The fourth-order valence-electron chi connectivity index (χ4n) is 1.25. The normalized spacial score (nSPS) is 11.1. The van der Waals surface area contributed by atoms with E-state index in [1.807, 2.05) is 6.92 Å². The van der Waals surface area contributed by atoms with Gasteiger partial charge in [0, 0.05) is 12.7 Å². The first-order chi connectivity index (χ1) is 8.31. The first-order valence-electron chi connectivity index (χ1n) is 5.84. The summed E-state index contributed by atoms with van der Waals surface area (Å²) >= 11 is 0. The standard InChI is InChI=1S/C12H19N3O3/c1-5-15-8-9(6-14-15)10(16)7-13-11(17)18-12(2,3)4/h6,8H,5,7H2,1-4H3,(H,13,17). The van der Waals surface area contributed by atoms with Gasteiger partial charge in [-0.1, -0.05) is 0 Å². The smallest absolute Gasteiger partial charge is 0.408 e. The zero-order chi connectivity index (χ0) is 13.8. The lowest BCUT2D eigenvalue weighted by Gasteiger charge is -2.19. The number of aryl methyl sites for hydroxylation is 1. The van der Waals surface area contributed by atoms with Gasteiger partial charge in [-0.05, 0) is 27.7 Å². The van der Waals surface area contributed by atoms with Gasteiger partial charge in [0.2, 0.25) is 0 Å². The number of carbonyl (C=O) groups excluding carboxylic acids is 2. The van der Waals surface area contributed by atoms with E-state index in [2.05, 4.69) is 10.4 Å². The van der Waals surface area contributed by atoms with Crippen LogP contribution >= 0.6 is 0 Å². The Morgan fingerprint density at radius 3 is 2.61 bits per heavy atom. The van der Waals surface area contributed by atoms with Gasteiger partial charge >= 0.3 is 6.09 Å². The van der Waals surface area contributed by atoms with E-state index in [1.165, 1.54) is 6.20 Å². The van der Waals surface area contributed by atoms with Crippen LogP contribution in [0.5, 0.6) is 0 Å². The van der Waals surface area contributed by atoms with Gasteiger partial charge in [0.25, 0.3) is 0 Å². The molecule has 0 aromatic carbocycles. The largest absolute Gasteiger partial charge is 0.444 e. The highest BCUT2D eigenvalue weighted by molar-refractivity contribution is 5.98. The molecular formula is C12H19N3O3. The molecule has 1 aromatic heterocycles. The SMILES string of the molecule is CCn1cc(C(=O)CNC(=O)OC(C)(C)C)cn1. The number of ether oxygens (including phenoxy) is 1. The van der Waals surface area contributed by atoms with Crippen molar-refractivity contribution in [2.45, 2.75) is 39.8 Å². The van der Waals surface area contributed by atoms with Gasteiger partial charge in [-0.3, -0.25) is 9.48 Å². The molecule has 0 aliphatic heterocycles. The van der Waals surface area contributed by atoms with Crippen LogP contribution in [0.3, 0.4) is 0 Å². The lowest BCUT2D eigenvalue weighted by Crippen LogP contribution is -2.35. The van der Waals surface area contributed by atoms with Crippen LogP contribution in [0.4, 0.5) is 4.79 Å². The summed E-state index contributed by atoms with van der Waals surface area (Å²) in [4.78, 5) is 23.1. The van der Waals surface area contributed by atoms with Crippen molar-refractivity contribution < 1.29 is 14.3 Å². The van der Waals surface area contributed by atoms with Gasteiger partial charge in [0.05, 0.1) is 18.3 Å². The molecule has 1 aromatic rings. The third kappa shape index (κ3) is 4.57. The number of ketones is 1. The lowest BCUT2D eigenvalue weighted by atomic mass is 10.2. The van der Waals surface area contributed by atoms with Crippen molar-refractivity contribution in [3.63, 3.8) is 0 Å². The van der Waals surface area contributed by atoms with Crippen molar-refractivity contribution in [3.05, 3.63) is 18.0 Å². The van der Waals surface area contributed by atoms with Crippen molar-refractivity contribution in [1.82, 2.24) is 15.1 Å². The number of nitrogens with one attached hydrogen (secondary N) is 1. The Morgan fingerprint density at radius 1 is 1.44 bits per heavy atom. The molecule has 0 saturated carbocycles. The summed E-state index contributed by atoms with van der Waals surface area (Å²) in [6.45, 7) is 7.83. The highest BCUT2D eigenvalue weighted by Crippen LogP contribution is 2.06. The number of alkyl carbamates (subject to hydrolysis) is 1. The molecule has 0 aliphatic carbocycles. The Kier molecular flexibility index (Phi) is 4.47. The molecule has 100 valence electrons. The molecule has 6 heteroatoms. The first-order valence-corrected chi connectivity index (χ1v) is 5.84. The number of hydrogen-bond donors (Lipinski definition) is 1. The van der Waals surface area contributed by atoms with E-state index in [1.54, 1.807) is 31.6 Å². The van der Waals surface area contributed by atoms with E-state index in [0.29, 0.717) is 12.1 Å². The van der Waals surface area contributed by atoms with E-state index in [4.69, 9.17) is 4.74 Å². The number of nitrogens with zero attached hydrogens (tertiary/aromatic N) is 2. The predicted molar refractivity (Wildman–Crippen MR) is 66.5 cm³/mol. The average molecular weight is 253 g/mol. The third-order valence-corrected chi connectivity index (χ3v) is 2.07. The third-order valence-electron chi connectivity index (χ3n) is 2.07. The molecule has 18 heavy (non-hydrogen) atoms. The van der Waals surface area contributed by atoms with Gasteiger partial charge in [0.15, 0.2) is 5.78 Å². The summed E-state index contributed by atoms with van der Waals surface area (Å²) in [5, 5.41) is 6.41. The topological polar surface area (TPSA) is 73.2 Å². The highest BCUT2D eigenvalue weighted by atomic mass is 16.6. The number of aromatic nitrogens is 2. The number of carbonyl (C=O) groups is 2. The fraction of sp³-hybridized carbons (Fsp3) is 0.583. The number of Topliss-reactive ketones (excluding diaryl/α,β-unsaturated/α-hetero) is 1. The van der Waals surface area contributed by atoms with Gasteiger partial charge in [0.1, 0.15) is 5.60 Å². The number of rotatable bonds is 4. The molecule has 0 spiro atoms. The Morgan fingerprint density at radius 2 is 2.11 bits per heavy atom. The maximum absolute atomic E-state index is 11.7. The second-order valence-electron chi connectivity index (χ2n) is 4.86. The van der Waals surface area contributed by atoms with Crippen LogP contribution < -0.4 is 5.32 Å². The lowest BCUT2D eigenvalue weighted by molar-refractivity contribution is 0.0520. The summed E-state index contributed by atoms with van der Waals surface area (Å²) in [5.41, 5.74) is -0.0897. The van der Waals surface area contributed by atoms with Crippen molar-refractivity contribution in [2.75, 3.05) is 6.54 Å². The Labute approximate surface area is 106 Å². The zero-order valence-electron chi connectivity index (χ0n) is 11.2. The zero-order valence-corrected chi connectivity index (χ0v) is 11.2. The Balaban J connectivity index is 2.44. The maximum atomic E-state index is 11.7. The molecule has 0 bridgehead atoms. The van der Waals surface area contributed by atoms with Crippen molar-refractivity contribution in [2.24, 2.45) is 0 Å². The maximum Gasteiger partial charge on any atom is 0.408 e. The quantitative estimate of drug-likeness (QED) is 0.827. The molecule has 1 N–H and O–H groups in total. The van der Waals surface area contributed by atoms with Crippen LogP contribution in [-0.2, 0) is 11.3 Å². The molecule has 1 amide bonds. The van der Waals surface area contributed by atoms with Crippen LogP contribution in [0.15, 0.2) is 12.4 Å². The van der Waals surface area contributed by atoms with E-state index >= 15 is 0 Å². The van der Waals surface area contributed by atoms with Gasteiger partial charge in [-0.2, -0.15) is 5.10 Å². The summed E-state index contributed by atoms with van der Waals surface area (Å²) in [7, 11) is 0. The molecular weight excluding hydrogens is 234 g/mol. The van der Waals surface area contributed by atoms with Crippen LogP contribution in [0.1, 0.15) is 38.1 Å². The first kappa shape index (κ1) is 14.2. The van der Waals surface area contributed by atoms with Crippen LogP contribution in [0.2, 0.25) is 0 Å². The minimum Gasteiger partial charge on any atom is -0.444 e. The molecule has 0 aliphatic rings. The second kappa shape index (κ2) is 5.66. The molecule has 0 radical (unpaired) electrons. The molecule has 0 fully saturated rings. The molecule has 0 saturated heterocycles. The molecule has 1 rings (SSSR count). The van der Waals surface area contributed by atoms with Crippen molar-refractivity contribution in [3.8, 4) is 0 Å². The second-order valence-corrected chi connectivity index (χ2v) is 4.86. The molecule has 1 heterocycles. The summed E-state index contributed by atoms with van der Waals surface area (Å²) < 4.78 is 6.68. The monoisotopic (exact) mass is 253 g/mol. The average Bonchev–Trinajstić information content (AvgIpc) is 2.72. The van der Waals surface area contributed by atoms with E-state index in [-0.39, 0.29) is 12.3 Å². The Bertz CT molecular complexity index is 432. The van der Waals surface area contributed by atoms with Crippen molar-refractivity contribution in [1.29, 1.82) is 0 Å². The van der Waals surface area contributed by atoms with E-state index in [0.717, 1.165) is 0 Å². The van der Waals surface area contributed by atoms with Gasteiger partial charge < -0.3 is 10.1 Å². The van der Waals surface area contributed by atoms with Gasteiger partial charge in [-0.15, -0.1) is 0 Å². The highest BCUT2D eigenvalue weighted by Gasteiger charge is 2.17. The van der Waals surface area contributed by atoms with Crippen LogP contribution in [0.25, 0.3) is 0 Å². The molecule has 6 nitrogen and oxygen atoms in total. The molecule has 0 unspecified atom stereocenters. The van der Waals surface area contributed by atoms with Crippen molar-refractivity contribution >= 4 is 11.9 Å². The van der Waals surface area contributed by atoms with Gasteiger partial charge in [-0.25, -0.2) is 4.79 Å². The number of hydrogen-bond acceptors (Lipinski definition) is 4. The van der Waals surface area contributed by atoms with Crippen LogP contribution in [0, 0.1) is 0 Å². The fourth-order valence-corrected chi connectivity index (χ4v) is 1.25. The Hall–Kier alpha value is -1.85.